The number of nitrogens with one attached hydrogen (secondary N) is 2. The fourth-order valence-corrected chi connectivity index (χ4v) is 3.73. The molecule has 3 aromatic heterocycles. The Kier molecular flexibility index (Phi) is 4.84. The third kappa shape index (κ3) is 4.05. The second-order valence-corrected chi connectivity index (χ2v) is 6.70. The van der Waals surface area contributed by atoms with Gasteiger partial charge in [-0.15, -0.1) is 22.7 Å². The molecule has 23 heavy (non-hydrogen) atoms. The predicted molar refractivity (Wildman–Crippen MR) is 89.5 cm³/mol. The molecule has 2 N–H and O–H groups in total. The zero-order valence-corrected chi connectivity index (χ0v) is 13.6. The Hall–Kier alpha value is -2.45. The van der Waals surface area contributed by atoms with Crippen LogP contribution in [0, 0.1) is 0 Å². The molecule has 8 heteroatoms. The van der Waals surface area contributed by atoms with Crippen LogP contribution in [0.2, 0.25) is 0 Å². The zero-order chi connectivity index (χ0) is 16.1. The Morgan fingerprint density at radius 2 is 2.04 bits per heavy atom. The van der Waals surface area contributed by atoms with E-state index in [1.165, 1.54) is 22.1 Å². The number of carbonyl (C=O) groups excluding carboxylic acids is 2. The van der Waals surface area contributed by atoms with Crippen LogP contribution in [-0.4, -0.2) is 23.5 Å². The predicted octanol–water partition coefficient (Wildman–Crippen LogP) is 2.76. The van der Waals surface area contributed by atoms with E-state index in [0.29, 0.717) is 13.0 Å². The van der Waals surface area contributed by atoms with E-state index < -0.39 is 11.8 Å². The van der Waals surface area contributed by atoms with Crippen LogP contribution in [0.5, 0.6) is 0 Å². The van der Waals surface area contributed by atoms with Crippen molar-refractivity contribution in [2.45, 2.75) is 6.42 Å². The lowest BCUT2D eigenvalue weighted by Gasteiger charge is -2.03. The molecule has 0 aliphatic heterocycles. The van der Waals surface area contributed by atoms with Gasteiger partial charge in [0.05, 0.1) is 0 Å². The highest BCUT2D eigenvalue weighted by Crippen LogP contribution is 2.31. The molecule has 0 atom stereocenters. The number of carbonyl (C=O) groups is 2. The summed E-state index contributed by atoms with van der Waals surface area (Å²) >= 11 is 3.39. The highest BCUT2D eigenvalue weighted by molar-refractivity contribution is 7.21. The molecule has 6 nitrogen and oxygen atoms in total. The maximum Gasteiger partial charge on any atom is 0.314 e. The van der Waals surface area contributed by atoms with Gasteiger partial charge in [0.15, 0.2) is 5.82 Å². The molecule has 0 radical (unpaired) electrons. The van der Waals surface area contributed by atoms with Gasteiger partial charge in [-0.3, -0.25) is 14.9 Å². The minimum atomic E-state index is -0.760. The third-order valence-electron chi connectivity index (χ3n) is 2.97. The molecule has 0 bridgehead atoms. The highest BCUT2D eigenvalue weighted by Gasteiger charge is 2.14. The molecule has 3 heterocycles. The van der Waals surface area contributed by atoms with Crippen molar-refractivity contribution in [2.75, 3.05) is 11.9 Å². The number of nitrogens with zero attached hydrogens (tertiary/aromatic N) is 1. The maximum absolute atomic E-state index is 11.7. The van der Waals surface area contributed by atoms with E-state index >= 15 is 0 Å². The summed E-state index contributed by atoms with van der Waals surface area (Å²) in [6, 6.07) is 9.68. The molecule has 0 saturated heterocycles. The van der Waals surface area contributed by atoms with Crippen LogP contribution in [0.1, 0.15) is 4.88 Å². The van der Waals surface area contributed by atoms with Crippen molar-refractivity contribution < 1.29 is 14.1 Å². The topological polar surface area (TPSA) is 84.2 Å². The van der Waals surface area contributed by atoms with Crippen molar-refractivity contribution >= 4 is 40.3 Å². The summed E-state index contributed by atoms with van der Waals surface area (Å²) in [4.78, 5) is 26.9. The summed E-state index contributed by atoms with van der Waals surface area (Å²) in [6.07, 6.45) is 1.99. The van der Waals surface area contributed by atoms with Gasteiger partial charge in [-0.05, 0) is 30.0 Å². The molecule has 3 rings (SSSR count). The quantitative estimate of drug-likeness (QED) is 0.695. The number of hydrogen-bond acceptors (Lipinski definition) is 6. The third-order valence-corrected chi connectivity index (χ3v) is 5.18. The maximum atomic E-state index is 11.7. The molecule has 0 aromatic carbocycles. The molecule has 0 spiro atoms. The van der Waals surface area contributed by atoms with Gasteiger partial charge in [0.1, 0.15) is 6.26 Å². The lowest BCUT2D eigenvalue weighted by Crippen LogP contribution is -2.36. The lowest BCUT2D eigenvalue weighted by atomic mass is 10.3. The molecular formula is C15H13N3O3S2. The molecule has 0 unspecified atom stereocenters. The van der Waals surface area contributed by atoms with Crippen LogP contribution in [0.25, 0.3) is 9.75 Å². The number of thiophene rings is 2. The molecule has 0 fully saturated rings. The van der Waals surface area contributed by atoms with Crippen LogP contribution in [-0.2, 0) is 16.0 Å². The van der Waals surface area contributed by atoms with Crippen molar-refractivity contribution in [1.29, 1.82) is 0 Å². The SMILES string of the molecule is O=C(NCCc1ccc(-c2cccs2)s1)C(=O)Nc1ccon1. The highest BCUT2D eigenvalue weighted by atomic mass is 32.1. The minimum Gasteiger partial charge on any atom is -0.363 e. The largest absolute Gasteiger partial charge is 0.363 e. The first-order valence-electron chi connectivity index (χ1n) is 6.84. The molecule has 2 amide bonds. The average Bonchev–Trinajstić information content (AvgIpc) is 3.29. The van der Waals surface area contributed by atoms with E-state index in [4.69, 9.17) is 0 Å². The van der Waals surface area contributed by atoms with Crippen molar-refractivity contribution in [3.05, 3.63) is 46.9 Å². The van der Waals surface area contributed by atoms with E-state index in [0.717, 1.165) is 4.88 Å². The van der Waals surface area contributed by atoms with Crippen molar-refractivity contribution in [1.82, 2.24) is 10.5 Å². The normalized spacial score (nSPS) is 10.4. The van der Waals surface area contributed by atoms with Gasteiger partial charge in [-0.2, -0.15) is 0 Å². The molecular weight excluding hydrogens is 334 g/mol. The zero-order valence-electron chi connectivity index (χ0n) is 11.9. The fourth-order valence-electron chi connectivity index (χ4n) is 1.89. The van der Waals surface area contributed by atoms with Gasteiger partial charge < -0.3 is 9.84 Å². The van der Waals surface area contributed by atoms with E-state index in [1.807, 2.05) is 17.5 Å². The Balaban J connectivity index is 1.46. The van der Waals surface area contributed by atoms with Crippen molar-refractivity contribution in [2.24, 2.45) is 0 Å². The molecule has 0 saturated carbocycles. The van der Waals surface area contributed by atoms with Gasteiger partial charge in [-0.25, -0.2) is 0 Å². The first kappa shape index (κ1) is 15.4. The van der Waals surface area contributed by atoms with E-state index in [9.17, 15) is 9.59 Å². The first-order chi connectivity index (χ1) is 11.2. The summed E-state index contributed by atoms with van der Waals surface area (Å²) in [5.41, 5.74) is 0. The monoisotopic (exact) mass is 347 g/mol. The number of amides is 2. The Bertz CT molecular complexity index is 779. The smallest absolute Gasteiger partial charge is 0.314 e. The Morgan fingerprint density at radius 1 is 1.13 bits per heavy atom. The summed E-state index contributed by atoms with van der Waals surface area (Å²) < 4.78 is 4.57. The molecule has 118 valence electrons. The van der Waals surface area contributed by atoms with Gasteiger partial charge in [0.2, 0.25) is 0 Å². The van der Waals surface area contributed by atoms with E-state index in [1.54, 1.807) is 22.7 Å². The first-order valence-corrected chi connectivity index (χ1v) is 8.54. The summed E-state index contributed by atoms with van der Waals surface area (Å²) in [5.74, 6) is -1.24. The standard InChI is InChI=1S/C15H13N3O3S2/c19-14(15(20)17-13-6-8-21-18-13)16-7-5-10-3-4-12(23-10)11-2-1-9-22-11/h1-4,6,8-9H,5,7H2,(H,16,19)(H,17,18,20). The lowest BCUT2D eigenvalue weighted by molar-refractivity contribution is -0.136. The summed E-state index contributed by atoms with van der Waals surface area (Å²) in [6.45, 7) is 0.398. The van der Waals surface area contributed by atoms with Crippen molar-refractivity contribution in [3.63, 3.8) is 0 Å². The number of rotatable bonds is 5. The van der Waals surface area contributed by atoms with E-state index in [2.05, 4.69) is 32.4 Å². The number of hydrogen-bond donors (Lipinski definition) is 2. The second-order valence-electron chi connectivity index (χ2n) is 4.59. The van der Waals surface area contributed by atoms with Gasteiger partial charge in [-0.1, -0.05) is 11.2 Å². The van der Waals surface area contributed by atoms with Crippen molar-refractivity contribution in [3.8, 4) is 9.75 Å². The summed E-state index contributed by atoms with van der Waals surface area (Å²) in [7, 11) is 0. The number of aromatic nitrogens is 1. The minimum absolute atomic E-state index is 0.212. The van der Waals surface area contributed by atoms with Gasteiger partial charge in [0, 0.05) is 27.2 Å². The molecule has 3 aromatic rings. The van der Waals surface area contributed by atoms with Crippen LogP contribution in [0.3, 0.4) is 0 Å². The molecule has 0 aliphatic carbocycles. The van der Waals surface area contributed by atoms with Crippen LogP contribution in [0.15, 0.2) is 46.5 Å². The van der Waals surface area contributed by atoms with Crippen LogP contribution < -0.4 is 10.6 Å². The van der Waals surface area contributed by atoms with E-state index in [-0.39, 0.29) is 5.82 Å². The van der Waals surface area contributed by atoms with Gasteiger partial charge in [0.25, 0.3) is 0 Å². The Morgan fingerprint density at radius 3 is 2.78 bits per heavy atom. The van der Waals surface area contributed by atoms with Crippen LogP contribution >= 0.6 is 22.7 Å². The second kappa shape index (κ2) is 7.21. The summed E-state index contributed by atoms with van der Waals surface area (Å²) in [5, 5.41) is 10.5. The van der Waals surface area contributed by atoms with Crippen LogP contribution in [0.4, 0.5) is 5.82 Å². The average molecular weight is 347 g/mol. The Labute approximate surface area is 140 Å². The fraction of sp³-hybridized carbons (Fsp3) is 0.133. The molecule has 0 aliphatic rings. The number of anilines is 1. The van der Waals surface area contributed by atoms with Gasteiger partial charge >= 0.3 is 11.8 Å².